The molecule has 0 aliphatic carbocycles. The highest BCUT2D eigenvalue weighted by atomic mass is 32.2. The molecule has 0 aromatic heterocycles. The molecular weight excluding hydrogens is 356 g/mol. The largest absolute Gasteiger partial charge is 0.454 e. The van der Waals surface area contributed by atoms with Gasteiger partial charge in [0.25, 0.3) is 0 Å². The summed E-state index contributed by atoms with van der Waals surface area (Å²) in [5, 5.41) is 2.78. The molecule has 0 bridgehead atoms. The molecule has 1 aliphatic heterocycles. The Bertz CT molecular complexity index is 868. The van der Waals surface area contributed by atoms with Crippen molar-refractivity contribution in [3.63, 3.8) is 0 Å². The minimum atomic E-state index is -3.58. The van der Waals surface area contributed by atoms with Crippen LogP contribution in [0.3, 0.4) is 0 Å². The van der Waals surface area contributed by atoms with E-state index in [1.165, 1.54) is 12.1 Å². The summed E-state index contributed by atoms with van der Waals surface area (Å²) in [6.45, 7) is 0.741. The molecule has 0 saturated heterocycles. The summed E-state index contributed by atoms with van der Waals surface area (Å²) in [6.07, 6.45) is 0.728. The summed E-state index contributed by atoms with van der Waals surface area (Å²) in [7, 11) is -3.58. The summed E-state index contributed by atoms with van der Waals surface area (Å²) < 4.78 is 37.1. The van der Waals surface area contributed by atoms with Gasteiger partial charge in [-0.2, -0.15) is 0 Å². The van der Waals surface area contributed by atoms with Crippen molar-refractivity contribution in [1.29, 1.82) is 0 Å². The molecular formula is C18H20N2O5S. The molecule has 2 N–H and O–H groups in total. The highest BCUT2D eigenvalue weighted by molar-refractivity contribution is 7.89. The first-order valence-corrected chi connectivity index (χ1v) is 9.73. The molecule has 1 aliphatic rings. The maximum Gasteiger partial charge on any atom is 0.240 e. The molecule has 2 aromatic carbocycles. The van der Waals surface area contributed by atoms with Gasteiger partial charge >= 0.3 is 0 Å². The molecule has 1 amide bonds. The number of amides is 1. The molecule has 0 saturated carbocycles. The number of rotatable bonds is 8. The van der Waals surface area contributed by atoms with E-state index in [2.05, 4.69) is 10.0 Å². The van der Waals surface area contributed by atoms with E-state index in [1.807, 2.05) is 18.2 Å². The summed E-state index contributed by atoms with van der Waals surface area (Å²) in [5.74, 6) is 1.23. The number of ether oxygens (including phenoxy) is 2. The number of carbonyl (C=O) groups excluding carboxylic acids is 1. The van der Waals surface area contributed by atoms with E-state index in [0.29, 0.717) is 18.7 Å². The smallest absolute Gasteiger partial charge is 0.240 e. The van der Waals surface area contributed by atoms with Gasteiger partial charge in [0.15, 0.2) is 11.5 Å². The normalized spacial score (nSPS) is 12.8. The van der Waals surface area contributed by atoms with Gasteiger partial charge < -0.3 is 14.8 Å². The predicted molar refractivity (Wildman–Crippen MR) is 95.5 cm³/mol. The predicted octanol–water partition coefficient (Wildman–Crippen LogP) is 1.44. The van der Waals surface area contributed by atoms with Crippen LogP contribution in [0.2, 0.25) is 0 Å². The molecule has 8 heteroatoms. The molecule has 3 rings (SSSR count). The van der Waals surface area contributed by atoms with Gasteiger partial charge in [0.1, 0.15) is 0 Å². The zero-order chi connectivity index (χ0) is 18.4. The Morgan fingerprint density at radius 1 is 1.00 bits per heavy atom. The van der Waals surface area contributed by atoms with Crippen molar-refractivity contribution in [1.82, 2.24) is 10.0 Å². The Labute approximate surface area is 152 Å². The molecule has 1 heterocycles. The van der Waals surface area contributed by atoms with Crippen LogP contribution in [0.1, 0.15) is 12.0 Å². The molecule has 0 atom stereocenters. The van der Waals surface area contributed by atoms with Crippen LogP contribution in [-0.4, -0.2) is 34.2 Å². The van der Waals surface area contributed by atoms with Crippen LogP contribution in [0.15, 0.2) is 53.4 Å². The first-order chi connectivity index (χ1) is 12.5. The quantitative estimate of drug-likeness (QED) is 0.727. The number of nitrogens with one attached hydrogen (secondary N) is 2. The van der Waals surface area contributed by atoms with Gasteiger partial charge in [0.2, 0.25) is 22.7 Å². The number of hydrogen-bond donors (Lipinski definition) is 2. The molecule has 0 unspecified atom stereocenters. The van der Waals surface area contributed by atoms with Crippen LogP contribution in [0, 0.1) is 0 Å². The molecule has 26 heavy (non-hydrogen) atoms. The Morgan fingerprint density at radius 3 is 2.58 bits per heavy atom. The maximum absolute atomic E-state index is 12.0. The Kier molecular flexibility index (Phi) is 5.75. The van der Waals surface area contributed by atoms with Crippen molar-refractivity contribution in [3.8, 4) is 11.5 Å². The second kappa shape index (κ2) is 8.20. The number of hydrogen-bond acceptors (Lipinski definition) is 5. The van der Waals surface area contributed by atoms with Crippen molar-refractivity contribution < 1.29 is 22.7 Å². The lowest BCUT2D eigenvalue weighted by Crippen LogP contribution is -2.31. The number of fused-ring (bicyclic) bond motifs is 1. The lowest BCUT2D eigenvalue weighted by Gasteiger charge is -2.08. The van der Waals surface area contributed by atoms with E-state index in [-0.39, 0.29) is 30.6 Å². The van der Waals surface area contributed by atoms with E-state index in [1.54, 1.807) is 18.2 Å². The van der Waals surface area contributed by atoms with Crippen molar-refractivity contribution >= 4 is 15.9 Å². The van der Waals surface area contributed by atoms with Crippen LogP contribution < -0.4 is 19.5 Å². The number of benzene rings is 2. The van der Waals surface area contributed by atoms with Gasteiger partial charge in [0, 0.05) is 19.5 Å². The van der Waals surface area contributed by atoms with E-state index >= 15 is 0 Å². The molecule has 0 spiro atoms. The fourth-order valence-electron chi connectivity index (χ4n) is 2.51. The molecule has 2 aromatic rings. The first kappa shape index (κ1) is 18.2. The average Bonchev–Trinajstić information content (AvgIpc) is 3.10. The van der Waals surface area contributed by atoms with E-state index in [0.717, 1.165) is 11.3 Å². The Balaban J connectivity index is 1.38. The number of carbonyl (C=O) groups is 1. The van der Waals surface area contributed by atoms with Crippen molar-refractivity contribution in [2.24, 2.45) is 0 Å². The fourth-order valence-corrected chi connectivity index (χ4v) is 3.57. The van der Waals surface area contributed by atoms with Crippen LogP contribution >= 0.6 is 0 Å². The lowest BCUT2D eigenvalue weighted by atomic mass is 10.1. The topological polar surface area (TPSA) is 93.7 Å². The van der Waals surface area contributed by atoms with E-state index < -0.39 is 10.0 Å². The van der Waals surface area contributed by atoms with Crippen molar-refractivity contribution in [2.45, 2.75) is 17.7 Å². The van der Waals surface area contributed by atoms with E-state index in [4.69, 9.17) is 9.47 Å². The third kappa shape index (κ3) is 4.74. The van der Waals surface area contributed by atoms with Crippen LogP contribution in [0.4, 0.5) is 0 Å². The molecule has 7 nitrogen and oxygen atoms in total. The molecule has 138 valence electrons. The minimum Gasteiger partial charge on any atom is -0.454 e. The Hall–Kier alpha value is -2.58. The third-order valence-electron chi connectivity index (χ3n) is 3.87. The highest BCUT2D eigenvalue weighted by Gasteiger charge is 2.14. The molecule has 0 fully saturated rings. The monoisotopic (exact) mass is 376 g/mol. The summed E-state index contributed by atoms with van der Waals surface area (Å²) in [4.78, 5) is 12.0. The summed E-state index contributed by atoms with van der Waals surface area (Å²) in [5.41, 5.74) is 1.03. The average molecular weight is 376 g/mol. The van der Waals surface area contributed by atoms with E-state index in [9.17, 15) is 13.2 Å². The van der Waals surface area contributed by atoms with Gasteiger partial charge in [-0.05, 0) is 36.2 Å². The standard InChI is InChI=1S/C18H20N2O5S/c21-18(9-11-20-26(22,23)15-4-2-1-3-5-15)19-10-8-14-6-7-16-17(12-14)25-13-24-16/h1-7,12,20H,8-11,13H2,(H,19,21). The fraction of sp³-hybridized carbons (Fsp3) is 0.278. The second-order valence-electron chi connectivity index (χ2n) is 5.75. The SMILES string of the molecule is O=C(CCNS(=O)(=O)c1ccccc1)NCCc1ccc2c(c1)OCO2. The first-order valence-electron chi connectivity index (χ1n) is 8.24. The summed E-state index contributed by atoms with van der Waals surface area (Å²) >= 11 is 0. The van der Waals surface area contributed by atoms with Gasteiger partial charge in [0.05, 0.1) is 4.90 Å². The van der Waals surface area contributed by atoms with Crippen LogP contribution in [0.5, 0.6) is 11.5 Å². The van der Waals surface area contributed by atoms with Crippen LogP contribution in [-0.2, 0) is 21.2 Å². The van der Waals surface area contributed by atoms with Crippen molar-refractivity contribution in [3.05, 3.63) is 54.1 Å². The zero-order valence-corrected chi connectivity index (χ0v) is 14.9. The van der Waals surface area contributed by atoms with Crippen LogP contribution in [0.25, 0.3) is 0 Å². The second-order valence-corrected chi connectivity index (χ2v) is 7.52. The third-order valence-corrected chi connectivity index (χ3v) is 5.35. The molecule has 0 radical (unpaired) electrons. The Morgan fingerprint density at radius 2 is 1.77 bits per heavy atom. The maximum atomic E-state index is 12.0. The van der Waals surface area contributed by atoms with Gasteiger partial charge in [-0.15, -0.1) is 0 Å². The van der Waals surface area contributed by atoms with Gasteiger partial charge in [-0.25, -0.2) is 13.1 Å². The van der Waals surface area contributed by atoms with Gasteiger partial charge in [-0.1, -0.05) is 24.3 Å². The minimum absolute atomic E-state index is 0.0487. The lowest BCUT2D eigenvalue weighted by molar-refractivity contribution is -0.120. The summed E-state index contributed by atoms with van der Waals surface area (Å²) in [6, 6.07) is 13.7. The van der Waals surface area contributed by atoms with Gasteiger partial charge in [-0.3, -0.25) is 4.79 Å². The number of sulfonamides is 1. The van der Waals surface area contributed by atoms with Crippen molar-refractivity contribution in [2.75, 3.05) is 19.9 Å². The highest BCUT2D eigenvalue weighted by Crippen LogP contribution is 2.32. The zero-order valence-electron chi connectivity index (χ0n) is 14.1.